The Balaban J connectivity index is 0.00000200. The van der Waals surface area contributed by atoms with E-state index in [9.17, 15) is 0 Å². The molecule has 122 valence electrons. The fraction of sp³-hybridized carbons (Fsp3) is 0.647. The quantitative estimate of drug-likeness (QED) is 0.868. The average molecular weight is 333 g/mol. The van der Waals surface area contributed by atoms with Crippen molar-refractivity contribution in [2.75, 3.05) is 26.2 Å². The molecule has 1 N–H and O–H groups in total. The molecule has 0 spiro atoms. The topological polar surface area (TPSA) is 15.3 Å². The molecule has 0 unspecified atom stereocenters. The summed E-state index contributed by atoms with van der Waals surface area (Å²) in [5.74, 6) is 0.787. The zero-order chi connectivity index (χ0) is 13.7. The van der Waals surface area contributed by atoms with Gasteiger partial charge in [0.2, 0.25) is 0 Å². The van der Waals surface area contributed by atoms with Gasteiger partial charge in [-0.25, -0.2) is 0 Å². The van der Waals surface area contributed by atoms with Gasteiger partial charge in [-0.1, -0.05) is 38.1 Å². The first-order chi connectivity index (χ1) is 9.18. The van der Waals surface area contributed by atoms with Gasteiger partial charge >= 0.3 is 0 Å². The van der Waals surface area contributed by atoms with Crippen LogP contribution in [0.25, 0.3) is 0 Å². The number of nitrogens with one attached hydrogen (secondary N) is 1. The normalized spacial score (nSPS) is 17.0. The highest BCUT2D eigenvalue weighted by Crippen LogP contribution is 2.29. The molecule has 0 amide bonds. The number of aryl methyl sites for hydroxylation is 1. The summed E-state index contributed by atoms with van der Waals surface area (Å²) in [6, 6.07) is 9.51. The van der Waals surface area contributed by atoms with Gasteiger partial charge in [-0.2, -0.15) is 0 Å². The van der Waals surface area contributed by atoms with Crippen LogP contribution in [-0.2, 0) is 0 Å². The fourth-order valence-corrected chi connectivity index (χ4v) is 2.98. The summed E-state index contributed by atoms with van der Waals surface area (Å²) in [6.45, 7) is 11.5. The first-order valence-corrected chi connectivity index (χ1v) is 7.68. The first-order valence-electron chi connectivity index (χ1n) is 7.68. The molecule has 2 rings (SSSR count). The molecule has 2 nitrogen and oxygen atoms in total. The van der Waals surface area contributed by atoms with Gasteiger partial charge in [0.15, 0.2) is 0 Å². The Hall–Kier alpha value is -0.280. The minimum absolute atomic E-state index is 0. The maximum Gasteiger partial charge on any atom is 0.0351 e. The number of hydrogen-bond acceptors (Lipinski definition) is 2. The van der Waals surface area contributed by atoms with Gasteiger partial charge in [0.05, 0.1) is 0 Å². The van der Waals surface area contributed by atoms with E-state index in [-0.39, 0.29) is 24.8 Å². The van der Waals surface area contributed by atoms with Crippen molar-refractivity contribution in [1.82, 2.24) is 10.2 Å². The molecule has 1 atom stereocenters. The Kier molecular flexibility index (Phi) is 10.3. The van der Waals surface area contributed by atoms with Gasteiger partial charge in [-0.05, 0) is 36.8 Å². The van der Waals surface area contributed by atoms with E-state index in [2.05, 4.69) is 55.3 Å². The molecule has 0 aliphatic carbocycles. The lowest BCUT2D eigenvalue weighted by atomic mass is 9.93. The fourth-order valence-electron chi connectivity index (χ4n) is 2.98. The third-order valence-corrected chi connectivity index (χ3v) is 4.16. The van der Waals surface area contributed by atoms with Gasteiger partial charge in [-0.15, -0.1) is 24.8 Å². The minimum atomic E-state index is 0. The molecule has 21 heavy (non-hydrogen) atoms. The van der Waals surface area contributed by atoms with Gasteiger partial charge in [0.25, 0.3) is 0 Å². The van der Waals surface area contributed by atoms with Crippen LogP contribution in [0.3, 0.4) is 0 Å². The molecule has 0 bridgehead atoms. The van der Waals surface area contributed by atoms with E-state index in [0.29, 0.717) is 6.04 Å². The van der Waals surface area contributed by atoms with Crippen molar-refractivity contribution in [1.29, 1.82) is 0 Å². The lowest BCUT2D eigenvalue weighted by molar-refractivity contribution is 0.159. The van der Waals surface area contributed by atoms with Crippen LogP contribution in [0.2, 0.25) is 0 Å². The van der Waals surface area contributed by atoms with E-state index in [1.807, 2.05) is 0 Å². The molecule has 0 aromatic heterocycles. The predicted octanol–water partition coefficient (Wildman–Crippen LogP) is 4.22. The SMILES string of the molecule is Cc1ccccc1[C@@H](CCC(C)C)N1CCNCC1.Cl.Cl. The van der Waals surface area contributed by atoms with Crippen molar-refractivity contribution in [3.05, 3.63) is 35.4 Å². The monoisotopic (exact) mass is 332 g/mol. The number of piperazine rings is 1. The van der Waals surface area contributed by atoms with Gasteiger partial charge in [0, 0.05) is 32.2 Å². The van der Waals surface area contributed by atoms with E-state index in [1.165, 1.54) is 37.1 Å². The molecule has 1 aliphatic heterocycles. The van der Waals surface area contributed by atoms with Crippen molar-refractivity contribution in [2.45, 2.75) is 39.7 Å². The summed E-state index contributed by atoms with van der Waals surface area (Å²) in [5.41, 5.74) is 2.97. The second-order valence-corrected chi connectivity index (χ2v) is 6.13. The van der Waals surface area contributed by atoms with Crippen LogP contribution in [0.15, 0.2) is 24.3 Å². The summed E-state index contributed by atoms with van der Waals surface area (Å²) in [7, 11) is 0. The largest absolute Gasteiger partial charge is 0.314 e. The Morgan fingerprint density at radius 2 is 1.67 bits per heavy atom. The van der Waals surface area contributed by atoms with Crippen LogP contribution in [0.1, 0.15) is 43.9 Å². The first kappa shape index (κ1) is 20.7. The molecule has 0 saturated carbocycles. The highest BCUT2D eigenvalue weighted by molar-refractivity contribution is 5.85. The van der Waals surface area contributed by atoms with Crippen molar-refractivity contribution in [3.63, 3.8) is 0 Å². The lowest BCUT2D eigenvalue weighted by Crippen LogP contribution is -2.45. The van der Waals surface area contributed by atoms with Crippen LogP contribution < -0.4 is 5.32 Å². The van der Waals surface area contributed by atoms with Crippen molar-refractivity contribution < 1.29 is 0 Å². The van der Waals surface area contributed by atoms with Crippen LogP contribution >= 0.6 is 24.8 Å². The second-order valence-electron chi connectivity index (χ2n) is 6.13. The zero-order valence-electron chi connectivity index (χ0n) is 13.5. The number of hydrogen-bond donors (Lipinski definition) is 1. The van der Waals surface area contributed by atoms with Gasteiger partial charge < -0.3 is 5.32 Å². The molecule has 0 radical (unpaired) electrons. The Morgan fingerprint density at radius 1 is 1.05 bits per heavy atom. The summed E-state index contributed by atoms with van der Waals surface area (Å²) >= 11 is 0. The van der Waals surface area contributed by atoms with Crippen LogP contribution in [0.5, 0.6) is 0 Å². The highest BCUT2D eigenvalue weighted by atomic mass is 35.5. The average Bonchev–Trinajstić information content (AvgIpc) is 2.42. The van der Waals surface area contributed by atoms with Crippen LogP contribution in [0, 0.1) is 12.8 Å². The Labute approximate surface area is 142 Å². The van der Waals surface area contributed by atoms with E-state index in [0.717, 1.165) is 19.0 Å². The molecule has 4 heteroatoms. The number of halogens is 2. The van der Waals surface area contributed by atoms with Gasteiger partial charge in [0.1, 0.15) is 0 Å². The summed E-state index contributed by atoms with van der Waals surface area (Å²) < 4.78 is 0. The Bertz CT molecular complexity index is 390. The Morgan fingerprint density at radius 3 is 2.24 bits per heavy atom. The number of rotatable bonds is 5. The highest BCUT2D eigenvalue weighted by Gasteiger charge is 2.23. The van der Waals surface area contributed by atoms with E-state index in [4.69, 9.17) is 0 Å². The predicted molar refractivity (Wildman–Crippen MR) is 96.9 cm³/mol. The van der Waals surface area contributed by atoms with Crippen LogP contribution in [0.4, 0.5) is 0 Å². The van der Waals surface area contributed by atoms with Gasteiger partial charge in [-0.3, -0.25) is 4.90 Å². The standard InChI is InChI=1S/C17H28N2.2ClH/c1-14(2)8-9-17(19-12-10-18-11-13-19)16-7-5-4-6-15(16)3;;/h4-7,14,17-18H,8-13H2,1-3H3;2*1H/t17-;;/m1../s1. The molecule has 1 aliphatic rings. The molecule has 1 aromatic carbocycles. The molecule has 1 aromatic rings. The van der Waals surface area contributed by atoms with Crippen LogP contribution in [-0.4, -0.2) is 31.1 Å². The smallest absolute Gasteiger partial charge is 0.0351 e. The number of benzene rings is 1. The van der Waals surface area contributed by atoms with Crippen molar-refractivity contribution >= 4 is 24.8 Å². The van der Waals surface area contributed by atoms with E-state index < -0.39 is 0 Å². The number of nitrogens with zero attached hydrogens (tertiary/aromatic N) is 1. The maximum absolute atomic E-state index is 3.46. The molecular formula is C17H30Cl2N2. The summed E-state index contributed by atoms with van der Waals surface area (Å²) in [6.07, 6.45) is 2.59. The summed E-state index contributed by atoms with van der Waals surface area (Å²) in [4.78, 5) is 2.67. The lowest BCUT2D eigenvalue weighted by Gasteiger charge is -2.36. The van der Waals surface area contributed by atoms with E-state index in [1.54, 1.807) is 0 Å². The van der Waals surface area contributed by atoms with E-state index >= 15 is 0 Å². The maximum atomic E-state index is 3.46. The van der Waals surface area contributed by atoms with Crippen molar-refractivity contribution in [3.8, 4) is 0 Å². The molecular weight excluding hydrogens is 303 g/mol. The molecule has 1 fully saturated rings. The summed E-state index contributed by atoms with van der Waals surface area (Å²) in [5, 5.41) is 3.46. The molecule has 1 saturated heterocycles. The zero-order valence-corrected chi connectivity index (χ0v) is 15.1. The third kappa shape index (κ3) is 6.15. The second kappa shape index (κ2) is 10.4. The van der Waals surface area contributed by atoms with Crippen molar-refractivity contribution in [2.24, 2.45) is 5.92 Å². The minimum Gasteiger partial charge on any atom is -0.314 e. The molecule has 1 heterocycles. The third-order valence-electron chi connectivity index (χ3n) is 4.16.